The Bertz CT molecular complexity index is 276. The fraction of sp³-hybridized carbons (Fsp3) is 0.938. The van der Waals surface area contributed by atoms with E-state index in [2.05, 4.69) is 32.6 Å². The van der Waals surface area contributed by atoms with E-state index in [0.29, 0.717) is 29.6 Å². The van der Waals surface area contributed by atoms with Gasteiger partial charge in [0.25, 0.3) is 0 Å². The van der Waals surface area contributed by atoms with Gasteiger partial charge in [0.05, 0.1) is 0 Å². The number of amides is 1. The lowest BCUT2D eigenvalue weighted by Gasteiger charge is -2.37. The predicted octanol–water partition coefficient (Wildman–Crippen LogP) is 3.04. The van der Waals surface area contributed by atoms with Crippen LogP contribution in [0.25, 0.3) is 0 Å². The molecule has 1 rings (SSSR count). The molecule has 0 spiro atoms. The second kappa shape index (κ2) is 7.28. The smallest absolute Gasteiger partial charge is 0.222 e. The first kappa shape index (κ1) is 16.5. The molecular formula is C16H32N2O. The molecule has 3 nitrogen and oxygen atoms in total. The number of piperidine rings is 1. The van der Waals surface area contributed by atoms with Crippen LogP contribution in [0.4, 0.5) is 0 Å². The fourth-order valence-corrected chi connectivity index (χ4v) is 2.85. The van der Waals surface area contributed by atoms with E-state index in [1.807, 2.05) is 0 Å². The summed E-state index contributed by atoms with van der Waals surface area (Å²) in [4.78, 5) is 14.3. The molecule has 112 valence electrons. The van der Waals surface area contributed by atoms with Crippen molar-refractivity contribution in [3.05, 3.63) is 0 Å². The molecule has 1 unspecified atom stereocenters. The Morgan fingerprint density at radius 1 is 1.21 bits per heavy atom. The van der Waals surface area contributed by atoms with Crippen LogP contribution in [0.3, 0.4) is 0 Å². The third-order valence-electron chi connectivity index (χ3n) is 4.68. The lowest BCUT2D eigenvalue weighted by molar-refractivity contribution is -0.133. The quantitative estimate of drug-likeness (QED) is 0.805. The van der Waals surface area contributed by atoms with Crippen molar-refractivity contribution in [1.29, 1.82) is 0 Å². The molecule has 1 aliphatic rings. The normalized spacial score (nSPS) is 20.6. The summed E-state index contributed by atoms with van der Waals surface area (Å²) < 4.78 is 0. The minimum absolute atomic E-state index is 0.346. The molecular weight excluding hydrogens is 236 g/mol. The molecule has 0 aromatic carbocycles. The zero-order valence-electron chi connectivity index (χ0n) is 13.2. The number of likely N-dealkylation sites (tertiary alicyclic amines) is 1. The van der Waals surface area contributed by atoms with E-state index in [-0.39, 0.29) is 0 Å². The maximum atomic E-state index is 12.2. The molecule has 2 N–H and O–H groups in total. The van der Waals surface area contributed by atoms with Crippen molar-refractivity contribution < 1.29 is 4.79 Å². The van der Waals surface area contributed by atoms with E-state index in [1.54, 1.807) is 0 Å². The molecule has 0 saturated carbocycles. The average Bonchev–Trinajstić information content (AvgIpc) is 2.33. The SMILES string of the molecule is CC(C)C(CCN)CCC(=O)N1CCC(C)(C)CC1. The largest absolute Gasteiger partial charge is 0.343 e. The van der Waals surface area contributed by atoms with Crippen molar-refractivity contribution in [2.45, 2.75) is 59.8 Å². The highest BCUT2D eigenvalue weighted by Crippen LogP contribution is 2.30. The Morgan fingerprint density at radius 2 is 1.79 bits per heavy atom. The molecule has 1 atom stereocenters. The first-order valence-electron chi connectivity index (χ1n) is 7.83. The van der Waals surface area contributed by atoms with Crippen LogP contribution in [0, 0.1) is 17.3 Å². The van der Waals surface area contributed by atoms with Gasteiger partial charge in [-0.05, 0) is 49.5 Å². The highest BCUT2D eigenvalue weighted by molar-refractivity contribution is 5.76. The molecule has 1 fully saturated rings. The van der Waals surface area contributed by atoms with Gasteiger partial charge < -0.3 is 10.6 Å². The molecule has 0 aliphatic carbocycles. The molecule has 1 heterocycles. The Morgan fingerprint density at radius 3 is 2.26 bits per heavy atom. The summed E-state index contributed by atoms with van der Waals surface area (Å²) in [6.07, 6.45) is 5.00. The average molecular weight is 268 g/mol. The minimum Gasteiger partial charge on any atom is -0.343 e. The van der Waals surface area contributed by atoms with Gasteiger partial charge in [0.1, 0.15) is 0 Å². The number of carbonyl (C=O) groups excluding carboxylic acids is 1. The van der Waals surface area contributed by atoms with E-state index >= 15 is 0 Å². The highest BCUT2D eigenvalue weighted by atomic mass is 16.2. The number of rotatable bonds is 6. The van der Waals surface area contributed by atoms with Crippen LogP contribution in [0.15, 0.2) is 0 Å². The van der Waals surface area contributed by atoms with Crippen LogP contribution in [0.5, 0.6) is 0 Å². The molecule has 0 aromatic rings. The molecule has 0 bridgehead atoms. The number of nitrogens with two attached hydrogens (primary N) is 1. The van der Waals surface area contributed by atoms with E-state index in [1.165, 1.54) is 0 Å². The molecule has 1 amide bonds. The van der Waals surface area contributed by atoms with Crippen LogP contribution >= 0.6 is 0 Å². The fourth-order valence-electron chi connectivity index (χ4n) is 2.85. The van der Waals surface area contributed by atoms with Crippen molar-refractivity contribution in [3.8, 4) is 0 Å². The van der Waals surface area contributed by atoms with E-state index in [4.69, 9.17) is 5.73 Å². The van der Waals surface area contributed by atoms with Crippen molar-refractivity contribution >= 4 is 5.91 Å². The van der Waals surface area contributed by atoms with Crippen molar-refractivity contribution in [2.75, 3.05) is 19.6 Å². The Balaban J connectivity index is 2.35. The van der Waals surface area contributed by atoms with Crippen molar-refractivity contribution in [1.82, 2.24) is 4.90 Å². The van der Waals surface area contributed by atoms with Gasteiger partial charge in [-0.1, -0.05) is 27.7 Å². The van der Waals surface area contributed by atoms with Crippen LogP contribution in [0.2, 0.25) is 0 Å². The molecule has 3 heteroatoms. The van der Waals surface area contributed by atoms with Crippen LogP contribution < -0.4 is 5.73 Å². The molecule has 19 heavy (non-hydrogen) atoms. The van der Waals surface area contributed by atoms with Gasteiger partial charge in [0.15, 0.2) is 0 Å². The number of hydrogen-bond donors (Lipinski definition) is 1. The molecule has 1 saturated heterocycles. The summed E-state index contributed by atoms with van der Waals surface area (Å²) >= 11 is 0. The second-order valence-electron chi connectivity index (χ2n) is 7.17. The Labute approximate surface area is 118 Å². The van der Waals surface area contributed by atoms with Crippen molar-refractivity contribution in [2.24, 2.45) is 23.0 Å². The third kappa shape index (κ3) is 5.52. The second-order valence-corrected chi connectivity index (χ2v) is 7.17. The highest BCUT2D eigenvalue weighted by Gasteiger charge is 2.28. The summed E-state index contributed by atoms with van der Waals surface area (Å²) in [5.41, 5.74) is 6.06. The first-order chi connectivity index (χ1) is 8.85. The molecule has 0 radical (unpaired) electrons. The molecule has 1 aliphatic heterocycles. The number of nitrogens with zero attached hydrogens (tertiary/aromatic N) is 1. The summed E-state index contributed by atoms with van der Waals surface area (Å²) in [5, 5.41) is 0. The van der Waals surface area contributed by atoms with E-state index in [9.17, 15) is 4.79 Å². The van der Waals surface area contributed by atoms with Gasteiger partial charge in [-0.3, -0.25) is 4.79 Å². The van der Waals surface area contributed by atoms with Gasteiger partial charge in [-0.25, -0.2) is 0 Å². The van der Waals surface area contributed by atoms with Gasteiger partial charge in [-0.2, -0.15) is 0 Å². The van der Waals surface area contributed by atoms with Crippen molar-refractivity contribution in [3.63, 3.8) is 0 Å². The van der Waals surface area contributed by atoms with Gasteiger partial charge in [0, 0.05) is 19.5 Å². The van der Waals surface area contributed by atoms with Crippen LogP contribution in [-0.4, -0.2) is 30.4 Å². The minimum atomic E-state index is 0.346. The topological polar surface area (TPSA) is 46.3 Å². The summed E-state index contributed by atoms with van der Waals surface area (Å²) in [6, 6.07) is 0. The van der Waals surface area contributed by atoms with Gasteiger partial charge in [-0.15, -0.1) is 0 Å². The lowest BCUT2D eigenvalue weighted by atomic mass is 9.82. The standard InChI is InChI=1S/C16H32N2O/c1-13(2)14(7-10-17)5-6-15(19)18-11-8-16(3,4)9-12-18/h13-14H,5-12,17H2,1-4H3. The zero-order valence-corrected chi connectivity index (χ0v) is 13.2. The Kier molecular flexibility index (Phi) is 6.31. The van der Waals surface area contributed by atoms with Crippen LogP contribution in [0.1, 0.15) is 59.8 Å². The molecule has 0 aromatic heterocycles. The summed E-state index contributed by atoms with van der Waals surface area (Å²) in [6.45, 7) is 11.7. The summed E-state index contributed by atoms with van der Waals surface area (Å²) in [5.74, 6) is 1.56. The van der Waals surface area contributed by atoms with E-state index < -0.39 is 0 Å². The predicted molar refractivity (Wildman–Crippen MR) is 80.8 cm³/mol. The first-order valence-corrected chi connectivity index (χ1v) is 7.83. The zero-order chi connectivity index (χ0) is 14.5. The summed E-state index contributed by atoms with van der Waals surface area (Å²) in [7, 11) is 0. The number of hydrogen-bond acceptors (Lipinski definition) is 2. The third-order valence-corrected chi connectivity index (χ3v) is 4.68. The van der Waals surface area contributed by atoms with Gasteiger partial charge in [0.2, 0.25) is 5.91 Å². The Hall–Kier alpha value is -0.570. The van der Waals surface area contributed by atoms with Gasteiger partial charge >= 0.3 is 0 Å². The van der Waals surface area contributed by atoms with Crippen LogP contribution in [-0.2, 0) is 4.79 Å². The number of carbonyl (C=O) groups is 1. The maximum absolute atomic E-state index is 12.2. The lowest BCUT2D eigenvalue weighted by Crippen LogP contribution is -2.41. The monoisotopic (exact) mass is 268 g/mol. The van der Waals surface area contributed by atoms with E-state index in [0.717, 1.165) is 45.3 Å². The maximum Gasteiger partial charge on any atom is 0.222 e.